The number of aliphatic carboxylic acids is 1. The molecule has 0 radical (unpaired) electrons. The van der Waals surface area contributed by atoms with Crippen LogP contribution in [0.5, 0.6) is 0 Å². The first kappa shape index (κ1) is 15.7. The van der Waals surface area contributed by atoms with E-state index < -0.39 is 11.9 Å². The molecule has 1 aromatic carbocycles. The van der Waals surface area contributed by atoms with Crippen molar-refractivity contribution in [3.8, 4) is 0 Å². The largest absolute Gasteiger partial charge is 0.481 e. The molecule has 0 aromatic heterocycles. The first-order valence-electron chi connectivity index (χ1n) is 7.10. The van der Waals surface area contributed by atoms with Crippen LogP contribution in [0.25, 0.3) is 0 Å². The Bertz CT molecular complexity index is 382. The van der Waals surface area contributed by atoms with E-state index in [-0.39, 0.29) is 0 Å². The van der Waals surface area contributed by atoms with Crippen molar-refractivity contribution in [2.75, 3.05) is 6.54 Å². The van der Waals surface area contributed by atoms with Gasteiger partial charge in [0.05, 0.1) is 5.92 Å². The normalized spacial score (nSPS) is 12.6. The van der Waals surface area contributed by atoms with Gasteiger partial charge >= 0.3 is 5.97 Å². The van der Waals surface area contributed by atoms with Crippen molar-refractivity contribution in [2.24, 2.45) is 5.92 Å². The highest BCUT2D eigenvalue weighted by atomic mass is 16.4. The second-order valence-corrected chi connectivity index (χ2v) is 5.11. The molecule has 3 heteroatoms. The zero-order valence-electron chi connectivity index (χ0n) is 12.1. The Hall–Kier alpha value is -1.35. The average Bonchev–Trinajstić information content (AvgIpc) is 2.43. The third kappa shape index (κ3) is 5.03. The summed E-state index contributed by atoms with van der Waals surface area (Å²) in [5.74, 6) is -0.475. The Morgan fingerprint density at radius 2 is 1.79 bits per heavy atom. The summed E-state index contributed by atoms with van der Waals surface area (Å²) in [4.78, 5) is 10.9. The fraction of sp³-hybridized carbons (Fsp3) is 0.562. The Balaban J connectivity index is 2.46. The number of carbonyl (C=O) groups is 1. The lowest BCUT2D eigenvalue weighted by atomic mass is 10.00. The molecule has 0 saturated heterocycles. The van der Waals surface area contributed by atoms with E-state index in [0.717, 1.165) is 24.6 Å². The van der Waals surface area contributed by atoms with E-state index >= 15 is 0 Å². The molecule has 0 saturated carbocycles. The van der Waals surface area contributed by atoms with Crippen molar-refractivity contribution < 1.29 is 9.90 Å². The molecule has 1 rings (SSSR count). The highest BCUT2D eigenvalue weighted by Crippen LogP contribution is 2.16. The van der Waals surface area contributed by atoms with Crippen LogP contribution in [0.3, 0.4) is 0 Å². The second kappa shape index (κ2) is 7.95. The number of carboxylic acid groups (broad SMARTS) is 1. The quantitative estimate of drug-likeness (QED) is 0.755. The Morgan fingerprint density at radius 1 is 1.21 bits per heavy atom. The monoisotopic (exact) mass is 263 g/mol. The molecule has 3 nitrogen and oxygen atoms in total. The lowest BCUT2D eigenvalue weighted by Crippen LogP contribution is -2.21. The number of rotatable bonds is 8. The van der Waals surface area contributed by atoms with Crippen LogP contribution in [0.2, 0.25) is 0 Å². The first-order chi connectivity index (χ1) is 9.08. The van der Waals surface area contributed by atoms with E-state index in [1.165, 1.54) is 18.4 Å². The number of hydrogen-bond donors (Lipinski definition) is 2. The molecule has 0 bridgehead atoms. The molecule has 0 aliphatic carbocycles. The predicted octanol–water partition coefficient (Wildman–Crippen LogP) is 3.40. The molecular weight excluding hydrogens is 238 g/mol. The van der Waals surface area contributed by atoms with Gasteiger partial charge in [-0.15, -0.1) is 0 Å². The smallest absolute Gasteiger partial charge is 0.310 e. The Labute approximate surface area is 116 Å². The molecule has 1 aromatic rings. The van der Waals surface area contributed by atoms with Crippen LogP contribution >= 0.6 is 0 Å². The lowest BCUT2D eigenvalue weighted by molar-refractivity contribution is -0.138. The molecule has 0 aliphatic rings. The van der Waals surface area contributed by atoms with Gasteiger partial charge in [0, 0.05) is 6.54 Å². The molecular formula is C16H25NO2. The minimum absolute atomic E-state index is 0.438. The molecule has 2 N–H and O–H groups in total. The number of benzene rings is 1. The van der Waals surface area contributed by atoms with Crippen LogP contribution in [0, 0.1) is 5.92 Å². The van der Waals surface area contributed by atoms with Gasteiger partial charge in [-0.25, -0.2) is 0 Å². The van der Waals surface area contributed by atoms with Gasteiger partial charge in [-0.2, -0.15) is 0 Å². The molecule has 0 spiro atoms. The molecule has 0 heterocycles. The van der Waals surface area contributed by atoms with Gasteiger partial charge < -0.3 is 10.4 Å². The van der Waals surface area contributed by atoms with E-state index in [9.17, 15) is 4.79 Å². The van der Waals surface area contributed by atoms with Gasteiger partial charge in [-0.1, -0.05) is 51.0 Å². The predicted molar refractivity (Wildman–Crippen MR) is 78.3 cm³/mol. The van der Waals surface area contributed by atoms with Crippen LogP contribution in [0.4, 0.5) is 0 Å². The maximum Gasteiger partial charge on any atom is 0.310 e. The molecule has 1 unspecified atom stereocenters. The fourth-order valence-electron chi connectivity index (χ4n) is 2.06. The van der Waals surface area contributed by atoms with Crippen molar-refractivity contribution in [3.05, 3.63) is 35.4 Å². The maximum atomic E-state index is 10.9. The average molecular weight is 263 g/mol. The number of carboxylic acids is 1. The van der Waals surface area contributed by atoms with Crippen LogP contribution < -0.4 is 5.32 Å². The minimum atomic E-state index is -0.778. The summed E-state index contributed by atoms with van der Waals surface area (Å²) in [5, 5.41) is 12.4. The highest BCUT2D eigenvalue weighted by Gasteiger charge is 2.12. The topological polar surface area (TPSA) is 49.3 Å². The van der Waals surface area contributed by atoms with E-state index in [1.54, 1.807) is 6.92 Å². The van der Waals surface area contributed by atoms with Crippen LogP contribution in [0.1, 0.15) is 50.7 Å². The first-order valence-corrected chi connectivity index (χ1v) is 7.10. The highest BCUT2D eigenvalue weighted by molar-refractivity contribution is 5.75. The zero-order valence-corrected chi connectivity index (χ0v) is 12.1. The van der Waals surface area contributed by atoms with Crippen molar-refractivity contribution >= 4 is 5.97 Å². The van der Waals surface area contributed by atoms with Gasteiger partial charge in [0.25, 0.3) is 0 Å². The molecule has 19 heavy (non-hydrogen) atoms. The third-order valence-electron chi connectivity index (χ3n) is 3.77. The van der Waals surface area contributed by atoms with E-state index in [0.29, 0.717) is 0 Å². The van der Waals surface area contributed by atoms with Crippen molar-refractivity contribution in [2.45, 2.75) is 46.1 Å². The summed E-state index contributed by atoms with van der Waals surface area (Å²) in [5.41, 5.74) is 2.06. The zero-order chi connectivity index (χ0) is 14.3. The minimum Gasteiger partial charge on any atom is -0.481 e. The van der Waals surface area contributed by atoms with Crippen LogP contribution in [-0.2, 0) is 11.3 Å². The lowest BCUT2D eigenvalue weighted by Gasteiger charge is -2.13. The summed E-state index contributed by atoms with van der Waals surface area (Å²) >= 11 is 0. The molecule has 0 fully saturated rings. The van der Waals surface area contributed by atoms with Crippen molar-refractivity contribution in [1.29, 1.82) is 0 Å². The van der Waals surface area contributed by atoms with Gasteiger partial charge in [0.1, 0.15) is 0 Å². The van der Waals surface area contributed by atoms with Crippen LogP contribution in [0.15, 0.2) is 24.3 Å². The Morgan fingerprint density at radius 3 is 2.26 bits per heavy atom. The second-order valence-electron chi connectivity index (χ2n) is 5.11. The van der Waals surface area contributed by atoms with Gasteiger partial charge in [-0.3, -0.25) is 4.79 Å². The third-order valence-corrected chi connectivity index (χ3v) is 3.77. The van der Waals surface area contributed by atoms with Gasteiger partial charge in [0.2, 0.25) is 0 Å². The van der Waals surface area contributed by atoms with E-state index in [1.807, 2.05) is 24.3 Å². The number of hydrogen-bond acceptors (Lipinski definition) is 2. The fourth-order valence-corrected chi connectivity index (χ4v) is 2.06. The van der Waals surface area contributed by atoms with Gasteiger partial charge in [-0.05, 0) is 30.5 Å². The number of nitrogens with one attached hydrogen (secondary N) is 1. The SMILES string of the molecule is CCC(CC)CNCc1ccc(C(C)C(=O)O)cc1. The standard InChI is InChI=1S/C16H25NO2/c1-4-13(5-2)10-17-11-14-6-8-15(9-7-14)12(3)16(18)19/h6-9,12-13,17H,4-5,10-11H2,1-3H3,(H,18,19). The van der Waals surface area contributed by atoms with E-state index in [4.69, 9.17) is 5.11 Å². The van der Waals surface area contributed by atoms with Gasteiger partial charge in [0.15, 0.2) is 0 Å². The summed E-state index contributed by atoms with van der Waals surface area (Å²) in [6.07, 6.45) is 2.41. The summed E-state index contributed by atoms with van der Waals surface area (Å²) in [7, 11) is 0. The maximum absolute atomic E-state index is 10.9. The van der Waals surface area contributed by atoms with E-state index in [2.05, 4.69) is 19.2 Å². The molecule has 0 amide bonds. The Kier molecular flexibility index (Phi) is 6.57. The summed E-state index contributed by atoms with van der Waals surface area (Å²) < 4.78 is 0. The van der Waals surface area contributed by atoms with Crippen LogP contribution in [-0.4, -0.2) is 17.6 Å². The van der Waals surface area contributed by atoms with Crippen molar-refractivity contribution in [3.63, 3.8) is 0 Å². The molecule has 0 aliphatic heterocycles. The summed E-state index contributed by atoms with van der Waals surface area (Å²) in [6, 6.07) is 7.84. The molecule has 106 valence electrons. The molecule has 1 atom stereocenters. The summed E-state index contributed by atoms with van der Waals surface area (Å²) in [6.45, 7) is 8.04. The van der Waals surface area contributed by atoms with Crippen molar-refractivity contribution in [1.82, 2.24) is 5.32 Å².